The molecule has 1 unspecified atom stereocenters. The molecule has 6 nitrogen and oxygen atoms in total. The molecule has 1 heterocycles. The van der Waals surface area contributed by atoms with E-state index >= 15 is 0 Å². The molecule has 0 saturated heterocycles. The molecule has 1 aromatic carbocycles. The molecule has 0 aliphatic heterocycles. The zero-order chi connectivity index (χ0) is 24.1. The minimum atomic E-state index is -0.846. The first-order chi connectivity index (χ1) is 15.0. The van der Waals surface area contributed by atoms with Crippen molar-refractivity contribution >= 4 is 17.3 Å². The van der Waals surface area contributed by atoms with Gasteiger partial charge >= 0.3 is 5.97 Å². The summed E-state index contributed by atoms with van der Waals surface area (Å²) in [6, 6.07) is 10.3. The van der Waals surface area contributed by atoms with E-state index in [2.05, 4.69) is 31.9 Å². The van der Waals surface area contributed by atoms with Gasteiger partial charge in [0.1, 0.15) is 17.3 Å². The molecule has 0 aliphatic rings. The van der Waals surface area contributed by atoms with E-state index in [1.165, 1.54) is 5.56 Å². The summed E-state index contributed by atoms with van der Waals surface area (Å²) in [4.78, 5) is 12.0. The largest absolute Gasteiger partial charge is 0.451 e. The van der Waals surface area contributed by atoms with Gasteiger partial charge < -0.3 is 9.47 Å². The van der Waals surface area contributed by atoms with Gasteiger partial charge in [-0.15, -0.1) is 0 Å². The summed E-state index contributed by atoms with van der Waals surface area (Å²) >= 11 is 0. The highest BCUT2D eigenvalue weighted by molar-refractivity contribution is 5.94. The molecule has 0 saturated carbocycles. The first-order valence-corrected chi connectivity index (χ1v) is 11.2. The second-order valence-corrected chi connectivity index (χ2v) is 8.94. The number of nitriles is 1. The number of allylic oxidation sites excluding steroid dienone is 1. The van der Waals surface area contributed by atoms with Crippen LogP contribution in [0.4, 0.5) is 0 Å². The van der Waals surface area contributed by atoms with E-state index in [0.29, 0.717) is 30.7 Å². The van der Waals surface area contributed by atoms with Crippen molar-refractivity contribution in [1.29, 1.82) is 5.26 Å². The number of carbonyl (C=O) groups is 1. The predicted octanol–water partition coefficient (Wildman–Crippen LogP) is 5.92. The highest BCUT2D eigenvalue weighted by atomic mass is 16.7. The molecule has 172 valence electrons. The number of aromatic nitrogens is 2. The number of benzene rings is 1. The van der Waals surface area contributed by atoms with Crippen molar-refractivity contribution in [1.82, 2.24) is 9.78 Å². The Balaban J connectivity index is 2.64. The van der Waals surface area contributed by atoms with Crippen LogP contribution in [0, 0.1) is 25.2 Å². The van der Waals surface area contributed by atoms with Crippen LogP contribution in [0.5, 0.6) is 0 Å². The summed E-state index contributed by atoms with van der Waals surface area (Å²) in [5.41, 5.74) is 4.80. The maximum Gasteiger partial charge on any atom is 0.308 e. The number of esters is 1. The van der Waals surface area contributed by atoms with Gasteiger partial charge in [-0.05, 0) is 43.7 Å². The lowest BCUT2D eigenvalue weighted by Crippen LogP contribution is -2.19. The molecule has 1 aromatic heterocycles. The molecule has 1 atom stereocenters. The lowest BCUT2D eigenvalue weighted by atomic mass is 9.86. The third kappa shape index (κ3) is 5.79. The van der Waals surface area contributed by atoms with Crippen molar-refractivity contribution in [2.75, 3.05) is 0 Å². The molecule has 2 aromatic rings. The van der Waals surface area contributed by atoms with Gasteiger partial charge in [0.2, 0.25) is 6.29 Å². The smallest absolute Gasteiger partial charge is 0.308 e. The number of nitrogens with zero attached hydrogens (tertiary/aromatic N) is 3. The Kier molecular flexibility index (Phi) is 8.26. The quantitative estimate of drug-likeness (QED) is 0.222. The summed E-state index contributed by atoms with van der Waals surface area (Å²) in [6.07, 6.45) is 0.164. The van der Waals surface area contributed by atoms with Gasteiger partial charge in [-0.1, -0.05) is 52.0 Å². The van der Waals surface area contributed by atoms with Gasteiger partial charge in [-0.2, -0.15) is 10.4 Å². The van der Waals surface area contributed by atoms with Crippen molar-refractivity contribution in [3.63, 3.8) is 0 Å². The average Bonchev–Trinajstić information content (AvgIpc) is 3.01. The number of rotatable bonds is 8. The molecule has 2 rings (SSSR count). The Morgan fingerprint density at radius 3 is 2.28 bits per heavy atom. The topological polar surface area (TPSA) is 77.1 Å². The van der Waals surface area contributed by atoms with Gasteiger partial charge in [0, 0.05) is 25.5 Å². The molecular weight excluding hydrogens is 402 g/mol. The first kappa shape index (κ1) is 25.2. The summed E-state index contributed by atoms with van der Waals surface area (Å²) < 4.78 is 13.4. The van der Waals surface area contributed by atoms with Crippen molar-refractivity contribution in [3.8, 4) is 6.07 Å². The van der Waals surface area contributed by atoms with E-state index < -0.39 is 6.29 Å². The second-order valence-electron chi connectivity index (χ2n) is 8.94. The van der Waals surface area contributed by atoms with Crippen LogP contribution < -0.4 is 0 Å². The van der Waals surface area contributed by atoms with E-state index in [0.717, 1.165) is 22.5 Å². The summed E-state index contributed by atoms with van der Waals surface area (Å²) in [5, 5.41) is 14.7. The SMILES string of the molecule is CCCC(=O)OC(C)O/C(=C(/C#N)c1ccc(C(C)(C)C)cc1)c1c(C)c(C)nn1CC. The molecule has 6 heteroatoms. The van der Waals surface area contributed by atoms with E-state index in [1.807, 2.05) is 56.6 Å². The molecule has 0 aliphatic carbocycles. The summed E-state index contributed by atoms with van der Waals surface area (Å²) in [7, 11) is 0. The van der Waals surface area contributed by atoms with Gasteiger partial charge in [0.05, 0.1) is 5.69 Å². The van der Waals surface area contributed by atoms with Crippen LogP contribution in [-0.2, 0) is 26.2 Å². The Bertz CT molecular complexity index is 1020. The van der Waals surface area contributed by atoms with Crippen molar-refractivity contribution in [3.05, 3.63) is 52.3 Å². The molecule has 0 bridgehead atoms. The molecule has 0 amide bonds. The maximum atomic E-state index is 12.0. The van der Waals surface area contributed by atoms with E-state index in [9.17, 15) is 10.1 Å². The van der Waals surface area contributed by atoms with Crippen LogP contribution in [0.1, 0.15) is 82.5 Å². The average molecular weight is 438 g/mol. The van der Waals surface area contributed by atoms with Crippen molar-refractivity contribution < 1.29 is 14.3 Å². The molecule has 0 fully saturated rings. The zero-order valence-electron chi connectivity index (χ0n) is 20.6. The minimum Gasteiger partial charge on any atom is -0.451 e. The van der Waals surface area contributed by atoms with Crippen LogP contribution in [0.3, 0.4) is 0 Å². The Hall–Kier alpha value is -3.07. The highest BCUT2D eigenvalue weighted by Crippen LogP contribution is 2.33. The predicted molar refractivity (Wildman–Crippen MR) is 126 cm³/mol. The third-order valence-corrected chi connectivity index (χ3v) is 5.36. The lowest BCUT2D eigenvalue weighted by Gasteiger charge is -2.21. The first-order valence-electron chi connectivity index (χ1n) is 11.2. The highest BCUT2D eigenvalue weighted by Gasteiger charge is 2.25. The second kappa shape index (κ2) is 10.5. The summed E-state index contributed by atoms with van der Waals surface area (Å²) in [6.45, 7) is 16.5. The van der Waals surface area contributed by atoms with Crippen LogP contribution in [0.15, 0.2) is 24.3 Å². The van der Waals surface area contributed by atoms with E-state index in [-0.39, 0.29) is 11.4 Å². The Labute approximate surface area is 191 Å². The Morgan fingerprint density at radius 2 is 1.78 bits per heavy atom. The third-order valence-electron chi connectivity index (χ3n) is 5.36. The normalized spacial score (nSPS) is 13.2. The van der Waals surface area contributed by atoms with Crippen LogP contribution in [0.25, 0.3) is 11.3 Å². The number of aryl methyl sites for hydroxylation is 2. The molecule has 0 radical (unpaired) electrons. The standard InChI is InChI=1S/C26H35N3O3/c1-9-11-23(30)31-19(5)32-25(24-17(3)18(4)28-29(24)10-2)22(16-27)20-12-14-21(15-13-20)26(6,7)8/h12-15,19H,9-11H2,1-8H3/b25-22-. The van der Waals surface area contributed by atoms with Crippen molar-refractivity contribution in [2.45, 2.75) is 86.5 Å². The van der Waals surface area contributed by atoms with Crippen LogP contribution in [0.2, 0.25) is 0 Å². The monoisotopic (exact) mass is 437 g/mol. The summed E-state index contributed by atoms with van der Waals surface area (Å²) in [5.74, 6) is 0.0389. The van der Waals surface area contributed by atoms with Gasteiger partial charge in [0.25, 0.3) is 0 Å². The van der Waals surface area contributed by atoms with Crippen LogP contribution >= 0.6 is 0 Å². The maximum absolute atomic E-state index is 12.0. The molecule has 0 spiro atoms. The fourth-order valence-electron chi connectivity index (χ4n) is 3.44. The molecule has 0 N–H and O–H groups in total. The van der Waals surface area contributed by atoms with Gasteiger partial charge in [-0.25, -0.2) is 0 Å². The lowest BCUT2D eigenvalue weighted by molar-refractivity contribution is -0.164. The molecular formula is C26H35N3O3. The van der Waals surface area contributed by atoms with Crippen molar-refractivity contribution in [2.24, 2.45) is 0 Å². The van der Waals surface area contributed by atoms with E-state index in [4.69, 9.17) is 9.47 Å². The fourth-order valence-corrected chi connectivity index (χ4v) is 3.44. The van der Waals surface area contributed by atoms with E-state index in [1.54, 1.807) is 6.92 Å². The van der Waals surface area contributed by atoms with Gasteiger partial charge in [-0.3, -0.25) is 9.48 Å². The zero-order valence-corrected chi connectivity index (χ0v) is 20.6. The van der Waals surface area contributed by atoms with Crippen LogP contribution in [-0.4, -0.2) is 22.0 Å². The minimum absolute atomic E-state index is 0.00487. The van der Waals surface area contributed by atoms with Gasteiger partial charge in [0.15, 0.2) is 5.76 Å². The number of hydrogen-bond acceptors (Lipinski definition) is 5. The Morgan fingerprint density at radius 1 is 1.16 bits per heavy atom. The fraction of sp³-hybridized carbons (Fsp3) is 0.500. The number of carbonyl (C=O) groups excluding carboxylic acids is 1. The molecule has 32 heavy (non-hydrogen) atoms. The number of ether oxygens (including phenoxy) is 2. The number of hydrogen-bond donors (Lipinski definition) is 0.